The lowest BCUT2D eigenvalue weighted by Gasteiger charge is -2.14. The average Bonchev–Trinajstić information content (AvgIpc) is 2.44. The van der Waals surface area contributed by atoms with E-state index in [1.807, 2.05) is 18.7 Å². The van der Waals surface area contributed by atoms with Crippen LogP contribution >= 0.6 is 23.4 Å². The van der Waals surface area contributed by atoms with Crippen molar-refractivity contribution in [3.05, 3.63) is 16.4 Å². The zero-order chi connectivity index (χ0) is 11.4. The Balaban J connectivity index is 2.78. The highest BCUT2D eigenvalue weighted by Gasteiger charge is 2.15. The topological polar surface area (TPSA) is 55.9 Å². The molecule has 15 heavy (non-hydrogen) atoms. The number of rotatable bonds is 5. The predicted octanol–water partition coefficient (Wildman–Crippen LogP) is 1.12. The van der Waals surface area contributed by atoms with E-state index in [0.29, 0.717) is 0 Å². The first-order chi connectivity index (χ1) is 7.10. The summed E-state index contributed by atoms with van der Waals surface area (Å²) in [5.41, 5.74) is 4.70. The molecule has 1 rings (SSSR count). The Morgan fingerprint density at radius 3 is 2.73 bits per heavy atom. The second-order valence-electron chi connectivity index (χ2n) is 3.49. The fraction of sp³-hybridized carbons (Fsp3) is 0.667. The summed E-state index contributed by atoms with van der Waals surface area (Å²) < 4.78 is 1.82. The van der Waals surface area contributed by atoms with Crippen LogP contribution in [0, 0.1) is 6.92 Å². The number of hydrazine groups is 1. The SMILES string of the molecule is CSCC(Cc1c(Cl)c(C)nn1C)NN. The van der Waals surface area contributed by atoms with Crippen LogP contribution in [0.25, 0.3) is 0 Å². The van der Waals surface area contributed by atoms with Gasteiger partial charge in [0.1, 0.15) is 0 Å². The molecule has 0 aromatic carbocycles. The summed E-state index contributed by atoms with van der Waals surface area (Å²) in [7, 11) is 1.90. The first-order valence-electron chi connectivity index (χ1n) is 4.73. The summed E-state index contributed by atoms with van der Waals surface area (Å²) in [6.45, 7) is 1.91. The van der Waals surface area contributed by atoms with E-state index in [4.69, 9.17) is 17.4 Å². The monoisotopic (exact) mass is 248 g/mol. The third-order valence-electron chi connectivity index (χ3n) is 2.30. The van der Waals surface area contributed by atoms with Gasteiger partial charge in [0.25, 0.3) is 0 Å². The van der Waals surface area contributed by atoms with Crippen LogP contribution in [0.4, 0.5) is 0 Å². The van der Waals surface area contributed by atoms with Crippen molar-refractivity contribution >= 4 is 23.4 Å². The molecular weight excluding hydrogens is 232 g/mol. The molecule has 0 spiro atoms. The van der Waals surface area contributed by atoms with Gasteiger partial charge in [0.15, 0.2) is 0 Å². The second-order valence-corrected chi connectivity index (χ2v) is 4.78. The van der Waals surface area contributed by atoms with E-state index in [9.17, 15) is 0 Å². The number of hydrogen-bond acceptors (Lipinski definition) is 4. The minimum Gasteiger partial charge on any atom is -0.271 e. The third kappa shape index (κ3) is 3.11. The fourth-order valence-electron chi connectivity index (χ4n) is 1.50. The van der Waals surface area contributed by atoms with Crippen LogP contribution in [0.3, 0.4) is 0 Å². The Labute approximate surface area is 99.5 Å². The van der Waals surface area contributed by atoms with Gasteiger partial charge in [-0.1, -0.05) is 11.6 Å². The molecule has 0 amide bonds. The molecule has 86 valence electrons. The van der Waals surface area contributed by atoms with Crippen molar-refractivity contribution < 1.29 is 0 Å². The lowest BCUT2D eigenvalue weighted by molar-refractivity contribution is 0.551. The number of aromatic nitrogens is 2. The molecule has 0 bridgehead atoms. The molecule has 1 aromatic heterocycles. The van der Waals surface area contributed by atoms with Crippen LogP contribution in [-0.4, -0.2) is 27.8 Å². The smallest absolute Gasteiger partial charge is 0.0847 e. The van der Waals surface area contributed by atoms with Gasteiger partial charge >= 0.3 is 0 Å². The van der Waals surface area contributed by atoms with Gasteiger partial charge < -0.3 is 0 Å². The maximum absolute atomic E-state index is 6.16. The molecule has 0 radical (unpaired) electrons. The summed E-state index contributed by atoms with van der Waals surface area (Å²) in [6.07, 6.45) is 2.86. The van der Waals surface area contributed by atoms with Gasteiger partial charge in [-0.25, -0.2) is 0 Å². The molecule has 0 saturated heterocycles. The van der Waals surface area contributed by atoms with Gasteiger partial charge in [0.2, 0.25) is 0 Å². The van der Waals surface area contributed by atoms with Crippen molar-refractivity contribution in [3.8, 4) is 0 Å². The Morgan fingerprint density at radius 2 is 2.33 bits per heavy atom. The zero-order valence-electron chi connectivity index (χ0n) is 9.25. The Bertz CT molecular complexity index is 326. The summed E-state index contributed by atoms with van der Waals surface area (Å²) in [5, 5.41) is 5.02. The average molecular weight is 249 g/mol. The molecule has 0 aliphatic carbocycles. The van der Waals surface area contributed by atoms with E-state index in [0.717, 1.165) is 28.6 Å². The van der Waals surface area contributed by atoms with E-state index in [1.165, 1.54) is 0 Å². The number of thioether (sulfide) groups is 1. The predicted molar refractivity (Wildman–Crippen MR) is 66.2 cm³/mol. The molecule has 3 N–H and O–H groups in total. The molecule has 1 unspecified atom stereocenters. The van der Waals surface area contributed by atoms with E-state index in [2.05, 4.69) is 16.8 Å². The minimum atomic E-state index is 0.229. The van der Waals surface area contributed by atoms with Gasteiger partial charge in [0, 0.05) is 25.3 Å². The van der Waals surface area contributed by atoms with Crippen molar-refractivity contribution in [1.29, 1.82) is 0 Å². The number of halogens is 1. The largest absolute Gasteiger partial charge is 0.271 e. The molecule has 1 atom stereocenters. The molecule has 4 nitrogen and oxygen atoms in total. The molecular formula is C9H17ClN4S. The summed E-state index contributed by atoms with van der Waals surface area (Å²) in [4.78, 5) is 0. The van der Waals surface area contributed by atoms with Gasteiger partial charge in [-0.3, -0.25) is 16.0 Å². The number of hydrogen-bond donors (Lipinski definition) is 2. The van der Waals surface area contributed by atoms with Crippen LogP contribution in [0.5, 0.6) is 0 Å². The van der Waals surface area contributed by atoms with E-state index >= 15 is 0 Å². The zero-order valence-corrected chi connectivity index (χ0v) is 10.8. The van der Waals surface area contributed by atoms with Crippen LogP contribution in [-0.2, 0) is 13.5 Å². The molecule has 1 aromatic rings. The van der Waals surface area contributed by atoms with Crippen molar-refractivity contribution in [1.82, 2.24) is 15.2 Å². The lowest BCUT2D eigenvalue weighted by Crippen LogP contribution is -2.39. The quantitative estimate of drug-likeness (QED) is 0.606. The van der Waals surface area contributed by atoms with Gasteiger partial charge in [-0.15, -0.1) is 0 Å². The Hall–Kier alpha value is -0.230. The van der Waals surface area contributed by atoms with Crippen LogP contribution in [0.1, 0.15) is 11.4 Å². The Morgan fingerprint density at radius 1 is 1.67 bits per heavy atom. The fourth-order valence-corrected chi connectivity index (χ4v) is 2.36. The third-order valence-corrected chi connectivity index (χ3v) is 3.53. The summed E-state index contributed by atoms with van der Waals surface area (Å²) >= 11 is 7.91. The summed E-state index contributed by atoms with van der Waals surface area (Å²) in [5.74, 6) is 6.43. The normalized spacial score (nSPS) is 13.1. The number of nitrogens with one attached hydrogen (secondary N) is 1. The molecule has 6 heteroatoms. The highest BCUT2D eigenvalue weighted by molar-refractivity contribution is 7.98. The van der Waals surface area contributed by atoms with Crippen molar-refractivity contribution in [2.24, 2.45) is 12.9 Å². The van der Waals surface area contributed by atoms with Gasteiger partial charge in [-0.05, 0) is 13.2 Å². The number of nitrogens with zero attached hydrogens (tertiary/aromatic N) is 2. The van der Waals surface area contributed by atoms with E-state index in [1.54, 1.807) is 11.8 Å². The first kappa shape index (κ1) is 12.8. The van der Waals surface area contributed by atoms with Crippen molar-refractivity contribution in [2.75, 3.05) is 12.0 Å². The minimum absolute atomic E-state index is 0.229. The molecule has 0 fully saturated rings. The van der Waals surface area contributed by atoms with Gasteiger partial charge in [0.05, 0.1) is 16.4 Å². The van der Waals surface area contributed by atoms with E-state index < -0.39 is 0 Å². The van der Waals surface area contributed by atoms with Crippen LogP contribution in [0.2, 0.25) is 5.02 Å². The maximum Gasteiger partial charge on any atom is 0.0847 e. The number of aryl methyl sites for hydroxylation is 2. The summed E-state index contributed by atoms with van der Waals surface area (Å²) in [6, 6.07) is 0.229. The number of nitrogens with two attached hydrogens (primary N) is 1. The lowest BCUT2D eigenvalue weighted by atomic mass is 10.2. The van der Waals surface area contributed by atoms with Crippen molar-refractivity contribution in [2.45, 2.75) is 19.4 Å². The molecule has 0 saturated carbocycles. The highest BCUT2D eigenvalue weighted by Crippen LogP contribution is 2.21. The van der Waals surface area contributed by atoms with Gasteiger partial charge in [-0.2, -0.15) is 16.9 Å². The maximum atomic E-state index is 6.16. The van der Waals surface area contributed by atoms with Crippen LogP contribution in [0.15, 0.2) is 0 Å². The molecule has 0 aliphatic rings. The van der Waals surface area contributed by atoms with E-state index in [-0.39, 0.29) is 6.04 Å². The standard InChI is InChI=1S/C9H17ClN4S/c1-6-9(10)8(14(2)13-6)4-7(12-11)5-15-3/h7,12H,4-5,11H2,1-3H3. The van der Waals surface area contributed by atoms with Crippen molar-refractivity contribution in [3.63, 3.8) is 0 Å². The molecule has 1 heterocycles. The second kappa shape index (κ2) is 5.75. The molecule has 0 aliphatic heterocycles. The highest BCUT2D eigenvalue weighted by atomic mass is 35.5. The van der Waals surface area contributed by atoms with Crippen LogP contribution < -0.4 is 11.3 Å². The Kier molecular flexibility index (Phi) is 4.92. The first-order valence-corrected chi connectivity index (χ1v) is 6.50.